The Bertz CT molecular complexity index is 843. The number of sulfonamides is 1. The first-order chi connectivity index (χ1) is 12.4. The van der Waals surface area contributed by atoms with Gasteiger partial charge in [-0.15, -0.1) is 0 Å². The van der Waals surface area contributed by atoms with E-state index in [-0.39, 0.29) is 17.5 Å². The predicted octanol–water partition coefficient (Wildman–Crippen LogP) is 3.74. The molecule has 0 amide bonds. The summed E-state index contributed by atoms with van der Waals surface area (Å²) in [5, 5.41) is 10.7. The second-order valence-corrected chi connectivity index (χ2v) is 8.51. The largest absolute Gasteiger partial charge is 0.269 e. The van der Waals surface area contributed by atoms with Gasteiger partial charge in [-0.3, -0.25) is 10.1 Å². The third-order valence-electron chi connectivity index (χ3n) is 4.85. The van der Waals surface area contributed by atoms with Gasteiger partial charge in [0.25, 0.3) is 5.69 Å². The summed E-state index contributed by atoms with van der Waals surface area (Å²) in [4.78, 5) is 10.2. The molecule has 138 valence electrons. The summed E-state index contributed by atoms with van der Waals surface area (Å²) in [5.74, 6) is 0.329. The lowest BCUT2D eigenvalue weighted by Crippen LogP contribution is -2.38. The van der Waals surface area contributed by atoms with Crippen LogP contribution in [-0.2, 0) is 15.8 Å². The van der Waals surface area contributed by atoms with E-state index in [4.69, 9.17) is 0 Å². The molecule has 0 saturated heterocycles. The number of nitro benzene ring substituents is 1. The van der Waals surface area contributed by atoms with Gasteiger partial charge < -0.3 is 0 Å². The topological polar surface area (TPSA) is 89.3 Å². The highest BCUT2D eigenvalue weighted by Gasteiger charge is 2.25. The fourth-order valence-electron chi connectivity index (χ4n) is 3.50. The van der Waals surface area contributed by atoms with Gasteiger partial charge in [0, 0.05) is 18.2 Å². The monoisotopic (exact) mass is 374 g/mol. The highest BCUT2D eigenvalue weighted by Crippen LogP contribution is 2.33. The zero-order valence-electron chi connectivity index (χ0n) is 14.4. The van der Waals surface area contributed by atoms with Crippen LogP contribution in [0.25, 0.3) is 0 Å². The summed E-state index contributed by atoms with van der Waals surface area (Å²) in [6.07, 6.45) is 3.57. The lowest BCUT2D eigenvalue weighted by atomic mass is 9.82. The standard InChI is InChI=1S/C19H22N2O4S/c22-21(23)19-12-6-15(7-13-19)14-26(24,25)20-18-10-8-17(9-11-18)16-4-2-1-3-5-16/h1-7,12-13,17-18,20H,8-11,14H2. The van der Waals surface area contributed by atoms with E-state index >= 15 is 0 Å². The van der Waals surface area contributed by atoms with E-state index in [1.807, 2.05) is 18.2 Å². The van der Waals surface area contributed by atoms with Crippen molar-refractivity contribution in [1.82, 2.24) is 4.72 Å². The Hall–Kier alpha value is -2.25. The minimum Gasteiger partial charge on any atom is -0.258 e. The Morgan fingerprint density at radius 1 is 0.962 bits per heavy atom. The Kier molecular flexibility index (Phi) is 5.68. The van der Waals surface area contributed by atoms with Crippen LogP contribution in [-0.4, -0.2) is 19.4 Å². The fraction of sp³-hybridized carbons (Fsp3) is 0.368. The molecule has 2 aromatic rings. The van der Waals surface area contributed by atoms with Gasteiger partial charge in [0.05, 0.1) is 10.7 Å². The summed E-state index contributed by atoms with van der Waals surface area (Å²) >= 11 is 0. The van der Waals surface area contributed by atoms with Crippen LogP contribution in [0.1, 0.15) is 42.7 Å². The van der Waals surface area contributed by atoms with Crippen LogP contribution in [0.15, 0.2) is 54.6 Å². The minimum absolute atomic E-state index is 0.0432. The summed E-state index contributed by atoms with van der Waals surface area (Å²) in [7, 11) is -3.47. The van der Waals surface area contributed by atoms with E-state index in [2.05, 4.69) is 16.9 Å². The van der Waals surface area contributed by atoms with Crippen LogP contribution in [0.5, 0.6) is 0 Å². The van der Waals surface area contributed by atoms with Gasteiger partial charge >= 0.3 is 0 Å². The van der Waals surface area contributed by atoms with E-state index in [1.165, 1.54) is 29.8 Å². The zero-order valence-corrected chi connectivity index (χ0v) is 15.2. The van der Waals surface area contributed by atoms with Crippen molar-refractivity contribution in [1.29, 1.82) is 0 Å². The maximum Gasteiger partial charge on any atom is 0.269 e. The zero-order chi connectivity index (χ0) is 18.6. The van der Waals surface area contributed by atoms with Gasteiger partial charge in [-0.2, -0.15) is 0 Å². The summed E-state index contributed by atoms with van der Waals surface area (Å²) in [5.41, 5.74) is 1.82. The Labute approximate surface area is 153 Å². The lowest BCUT2D eigenvalue weighted by molar-refractivity contribution is -0.384. The number of hydrogen-bond donors (Lipinski definition) is 1. The van der Waals surface area contributed by atoms with Crippen molar-refractivity contribution in [2.75, 3.05) is 0 Å². The number of nitrogens with one attached hydrogen (secondary N) is 1. The van der Waals surface area contributed by atoms with E-state index in [0.717, 1.165) is 25.7 Å². The smallest absolute Gasteiger partial charge is 0.258 e. The molecular weight excluding hydrogens is 352 g/mol. The highest BCUT2D eigenvalue weighted by atomic mass is 32.2. The van der Waals surface area contributed by atoms with Crippen LogP contribution in [0.3, 0.4) is 0 Å². The molecule has 3 rings (SSSR count). The quantitative estimate of drug-likeness (QED) is 0.616. The van der Waals surface area contributed by atoms with Crippen molar-refractivity contribution in [2.45, 2.75) is 43.4 Å². The number of rotatable bonds is 6. The molecular formula is C19H22N2O4S. The molecule has 1 N–H and O–H groups in total. The lowest BCUT2D eigenvalue weighted by Gasteiger charge is -2.29. The van der Waals surface area contributed by atoms with Gasteiger partial charge in [0.2, 0.25) is 10.0 Å². The van der Waals surface area contributed by atoms with Crippen molar-refractivity contribution in [3.8, 4) is 0 Å². The second-order valence-electron chi connectivity index (χ2n) is 6.76. The summed E-state index contributed by atoms with van der Waals surface area (Å²) in [6, 6.07) is 15.9. The van der Waals surface area contributed by atoms with E-state index in [0.29, 0.717) is 11.5 Å². The molecule has 6 nitrogen and oxygen atoms in total. The van der Waals surface area contributed by atoms with Crippen molar-refractivity contribution in [2.24, 2.45) is 0 Å². The summed E-state index contributed by atoms with van der Waals surface area (Å²) in [6.45, 7) is 0. The molecule has 0 radical (unpaired) electrons. The Morgan fingerprint density at radius 2 is 1.58 bits per heavy atom. The van der Waals surface area contributed by atoms with E-state index in [1.54, 1.807) is 0 Å². The predicted molar refractivity (Wildman–Crippen MR) is 100 cm³/mol. The normalized spacial score (nSPS) is 20.6. The van der Waals surface area contributed by atoms with Crippen molar-refractivity contribution in [3.05, 3.63) is 75.8 Å². The molecule has 1 fully saturated rings. The average Bonchev–Trinajstić information content (AvgIpc) is 2.63. The van der Waals surface area contributed by atoms with Crippen molar-refractivity contribution >= 4 is 15.7 Å². The number of nitro groups is 1. The first-order valence-electron chi connectivity index (χ1n) is 8.71. The number of nitrogens with zero attached hydrogens (tertiary/aromatic N) is 1. The SMILES string of the molecule is O=[N+]([O-])c1ccc(CS(=O)(=O)NC2CCC(c3ccccc3)CC2)cc1. The van der Waals surface area contributed by atoms with E-state index in [9.17, 15) is 18.5 Å². The van der Waals surface area contributed by atoms with Crippen LogP contribution in [0.4, 0.5) is 5.69 Å². The van der Waals surface area contributed by atoms with Gasteiger partial charge in [-0.1, -0.05) is 42.5 Å². The van der Waals surface area contributed by atoms with E-state index < -0.39 is 14.9 Å². The van der Waals surface area contributed by atoms with Gasteiger partial charge in [-0.05, 0) is 42.7 Å². The number of hydrogen-bond acceptors (Lipinski definition) is 4. The molecule has 0 atom stereocenters. The van der Waals surface area contributed by atoms with Crippen LogP contribution in [0.2, 0.25) is 0 Å². The third-order valence-corrected chi connectivity index (χ3v) is 6.25. The molecule has 26 heavy (non-hydrogen) atoms. The number of non-ortho nitro benzene ring substituents is 1. The molecule has 0 aliphatic heterocycles. The molecule has 0 heterocycles. The Balaban J connectivity index is 1.54. The highest BCUT2D eigenvalue weighted by molar-refractivity contribution is 7.88. The molecule has 7 heteroatoms. The van der Waals surface area contributed by atoms with Crippen LogP contribution >= 0.6 is 0 Å². The van der Waals surface area contributed by atoms with Gasteiger partial charge in [-0.25, -0.2) is 13.1 Å². The molecule has 1 aliphatic carbocycles. The van der Waals surface area contributed by atoms with Crippen LogP contribution in [0, 0.1) is 10.1 Å². The van der Waals surface area contributed by atoms with Crippen molar-refractivity contribution in [3.63, 3.8) is 0 Å². The molecule has 0 aromatic heterocycles. The van der Waals surface area contributed by atoms with Gasteiger partial charge in [0.15, 0.2) is 0 Å². The third kappa shape index (κ3) is 4.89. The average molecular weight is 374 g/mol. The molecule has 0 spiro atoms. The molecule has 0 bridgehead atoms. The minimum atomic E-state index is -3.47. The van der Waals surface area contributed by atoms with Crippen molar-refractivity contribution < 1.29 is 13.3 Å². The molecule has 1 saturated carbocycles. The van der Waals surface area contributed by atoms with Crippen LogP contribution < -0.4 is 4.72 Å². The molecule has 1 aliphatic rings. The molecule has 2 aromatic carbocycles. The maximum atomic E-state index is 12.4. The number of benzene rings is 2. The first-order valence-corrected chi connectivity index (χ1v) is 10.4. The Morgan fingerprint density at radius 3 is 2.15 bits per heavy atom. The molecule has 0 unspecified atom stereocenters. The fourth-order valence-corrected chi connectivity index (χ4v) is 4.96. The second kappa shape index (κ2) is 7.97. The van der Waals surface area contributed by atoms with Gasteiger partial charge in [0.1, 0.15) is 0 Å². The first kappa shape index (κ1) is 18.5. The maximum absolute atomic E-state index is 12.4. The summed E-state index contributed by atoms with van der Waals surface area (Å²) < 4.78 is 27.6.